The summed E-state index contributed by atoms with van der Waals surface area (Å²) in [6, 6.07) is 18.1. The van der Waals surface area contributed by atoms with Crippen molar-refractivity contribution in [1.82, 2.24) is 0 Å². The molecule has 0 aliphatic heterocycles. The van der Waals surface area contributed by atoms with E-state index in [1.165, 1.54) is 25.5 Å². The van der Waals surface area contributed by atoms with E-state index in [0.29, 0.717) is 0 Å². The number of benzene rings is 2. The van der Waals surface area contributed by atoms with E-state index < -0.39 is 0 Å². The smallest absolute Gasteiger partial charge is 0.0253 e. The first-order chi connectivity index (χ1) is 10.7. The molecule has 0 spiro atoms. The molecule has 2 aromatic rings. The Kier molecular flexibility index (Phi) is 6.94. The van der Waals surface area contributed by atoms with Crippen molar-refractivity contribution in [3.05, 3.63) is 84.0 Å². The Morgan fingerprint density at radius 1 is 1.09 bits per heavy atom. The van der Waals surface area contributed by atoms with Crippen LogP contribution in [0.15, 0.2) is 60.7 Å². The largest absolute Gasteiger partial charge is 1.00 e. The fraction of sp³-hybridized carbons (Fsp3) is 0.190. The molecule has 112 valence electrons. The van der Waals surface area contributed by atoms with Gasteiger partial charge in [0.2, 0.25) is 0 Å². The normalized spacial score (nSPS) is 12.5. The summed E-state index contributed by atoms with van der Waals surface area (Å²) < 4.78 is 1.51. The van der Waals surface area contributed by atoms with E-state index in [-0.39, 0.29) is 2.85 Å². The molecule has 0 aromatic heterocycles. The molecule has 0 fully saturated rings. The van der Waals surface area contributed by atoms with E-state index >= 15 is 0 Å². The average Bonchev–Trinajstić information content (AvgIpc) is 3.18. The third-order valence-corrected chi connectivity index (χ3v) is 3.20. The summed E-state index contributed by atoms with van der Waals surface area (Å²) in [5.41, 5.74) is 5.51. The first-order valence-corrected chi connectivity index (χ1v) is 8.72. The minimum atomic E-state index is 0. The predicted molar refractivity (Wildman–Crippen MR) is 93.7 cm³/mol. The van der Waals surface area contributed by atoms with Crippen LogP contribution in [-0.4, -0.2) is 3.21 Å². The molecule has 0 N–H and O–H groups in total. The second-order valence-electron chi connectivity index (χ2n) is 5.40. The summed E-state index contributed by atoms with van der Waals surface area (Å²) in [5.74, 6) is 0. The van der Waals surface area contributed by atoms with Gasteiger partial charge in [0.1, 0.15) is 0 Å². The van der Waals surface area contributed by atoms with Gasteiger partial charge in [-0.1, -0.05) is 35.4 Å². The van der Waals surface area contributed by atoms with Crippen LogP contribution in [0.3, 0.4) is 0 Å². The van der Waals surface area contributed by atoms with Crippen molar-refractivity contribution in [2.75, 3.05) is 0 Å². The van der Waals surface area contributed by atoms with Crippen LogP contribution in [0.4, 0.5) is 0 Å². The summed E-state index contributed by atoms with van der Waals surface area (Å²) in [6.45, 7) is 4.25. The van der Waals surface area contributed by atoms with Gasteiger partial charge in [-0.15, -0.1) is 12.0 Å². The minimum Gasteiger partial charge on any atom is -1.00 e. The van der Waals surface area contributed by atoms with Crippen LogP contribution < -0.4 is 0 Å². The van der Waals surface area contributed by atoms with Crippen LogP contribution in [0.1, 0.15) is 34.2 Å². The Labute approximate surface area is 151 Å². The van der Waals surface area contributed by atoms with Gasteiger partial charge >= 0.3 is 41.3 Å². The molecule has 2 aromatic carbocycles. The third kappa shape index (κ3) is 5.14. The standard InChI is InChI=1S/C13H9.C5H5.C3H6.Zr.2H/c1-3-7-12-10(5-1)9-11-6-2-4-8-13(11)12;1-2-4-5-3-1;1-3-2;;;/h1-5,7-8H,9H2;1-3H,4H2;1-2H3;;;/q2*-1;;+2;2*-1. The van der Waals surface area contributed by atoms with Crippen LogP contribution >= 0.6 is 0 Å². The molecule has 0 atom stereocenters. The maximum atomic E-state index is 3.30. The van der Waals surface area contributed by atoms with E-state index in [9.17, 15) is 0 Å². The second-order valence-corrected chi connectivity index (χ2v) is 7.86. The molecule has 0 amide bonds. The number of hydrogen-bond acceptors (Lipinski definition) is 0. The molecule has 0 nitrogen and oxygen atoms in total. The van der Waals surface area contributed by atoms with Gasteiger partial charge in [-0.25, -0.2) is 12.2 Å². The first-order valence-electron chi connectivity index (χ1n) is 7.50. The topological polar surface area (TPSA) is 0 Å². The minimum absolute atomic E-state index is 0. The van der Waals surface area contributed by atoms with Crippen molar-refractivity contribution in [3.8, 4) is 11.1 Å². The molecule has 0 saturated carbocycles. The van der Waals surface area contributed by atoms with Gasteiger partial charge in [0.05, 0.1) is 0 Å². The van der Waals surface area contributed by atoms with Crippen LogP contribution in [0.5, 0.6) is 0 Å². The summed E-state index contributed by atoms with van der Waals surface area (Å²) in [4.78, 5) is 0. The van der Waals surface area contributed by atoms with Crippen molar-refractivity contribution >= 4 is 3.21 Å². The van der Waals surface area contributed by atoms with Crippen molar-refractivity contribution in [1.29, 1.82) is 0 Å². The molecule has 0 radical (unpaired) electrons. The molecule has 2 aliphatic rings. The molecule has 4 rings (SSSR count). The van der Waals surface area contributed by atoms with Crippen molar-refractivity contribution < 1.29 is 27.1 Å². The number of allylic oxidation sites excluding steroid dienone is 4. The zero-order valence-electron chi connectivity index (χ0n) is 15.2. The fourth-order valence-electron chi connectivity index (χ4n) is 2.34. The second kappa shape index (κ2) is 8.96. The number of fused-ring (bicyclic) bond motifs is 3. The van der Waals surface area contributed by atoms with Gasteiger partial charge in [-0.2, -0.15) is 35.9 Å². The molecule has 1 heteroatoms. The molecule has 2 aliphatic carbocycles. The van der Waals surface area contributed by atoms with Crippen LogP contribution in [-0.2, 0) is 30.7 Å². The fourth-order valence-corrected chi connectivity index (χ4v) is 2.34. The van der Waals surface area contributed by atoms with E-state index in [1.54, 1.807) is 24.2 Å². The quantitative estimate of drug-likeness (QED) is 0.472. The summed E-state index contributed by atoms with van der Waals surface area (Å²) in [5, 5.41) is 0. The Morgan fingerprint density at radius 3 is 2.45 bits per heavy atom. The Balaban J connectivity index is 0.000000409. The van der Waals surface area contributed by atoms with Gasteiger partial charge in [0.25, 0.3) is 0 Å². The molecule has 22 heavy (non-hydrogen) atoms. The Morgan fingerprint density at radius 2 is 1.82 bits per heavy atom. The third-order valence-electron chi connectivity index (χ3n) is 3.20. The first kappa shape index (κ1) is 17.0. The summed E-state index contributed by atoms with van der Waals surface area (Å²) in [6.07, 6.45) is 11.0. The van der Waals surface area contributed by atoms with Crippen LogP contribution in [0, 0.1) is 12.1 Å². The molecule has 0 unspecified atom stereocenters. The Bertz CT molecular complexity index is 645. The SMILES string of the molecule is C[C](C)=[Zr+2].[C-]1=CC=CC1.[H-].[H-].[c-]1cccc2c1Cc1ccccc1-2. The van der Waals surface area contributed by atoms with E-state index in [0.717, 1.165) is 12.8 Å². The van der Waals surface area contributed by atoms with Crippen LogP contribution in [0.25, 0.3) is 11.1 Å². The van der Waals surface area contributed by atoms with Crippen molar-refractivity contribution in [2.45, 2.75) is 26.7 Å². The van der Waals surface area contributed by atoms with E-state index in [4.69, 9.17) is 0 Å². The molecule has 0 heterocycles. The number of rotatable bonds is 0. The molecule has 0 bridgehead atoms. The molecular formula is C21H22Zr-2. The zero-order valence-corrected chi connectivity index (χ0v) is 15.6. The van der Waals surface area contributed by atoms with Gasteiger partial charge in [0, 0.05) is 0 Å². The van der Waals surface area contributed by atoms with Gasteiger partial charge in [0.15, 0.2) is 0 Å². The molecule has 0 saturated heterocycles. The maximum absolute atomic E-state index is 3.30. The average molecular weight is 366 g/mol. The zero-order chi connectivity index (χ0) is 15.8. The number of hydrogen-bond donors (Lipinski definition) is 0. The summed E-state index contributed by atoms with van der Waals surface area (Å²) >= 11 is 1.55. The van der Waals surface area contributed by atoms with E-state index in [1.807, 2.05) is 18.2 Å². The predicted octanol–water partition coefficient (Wildman–Crippen LogP) is 5.33. The van der Waals surface area contributed by atoms with Crippen LogP contribution in [0.2, 0.25) is 0 Å². The maximum Gasteiger partial charge on any atom is -0.0253 e. The monoisotopic (exact) mass is 364 g/mol. The summed E-state index contributed by atoms with van der Waals surface area (Å²) in [7, 11) is 0. The van der Waals surface area contributed by atoms with Gasteiger partial charge in [-0.3, -0.25) is 6.08 Å². The van der Waals surface area contributed by atoms with Gasteiger partial charge < -0.3 is 2.85 Å². The van der Waals surface area contributed by atoms with Gasteiger partial charge in [-0.05, 0) is 6.42 Å². The van der Waals surface area contributed by atoms with E-state index in [2.05, 4.69) is 68.5 Å². The van der Waals surface area contributed by atoms with Crippen molar-refractivity contribution in [3.63, 3.8) is 0 Å². The Hall–Kier alpha value is -1.33. The molecular weight excluding hydrogens is 343 g/mol. The van der Waals surface area contributed by atoms with Crippen molar-refractivity contribution in [2.24, 2.45) is 0 Å².